The number of hydrogen-bond acceptors (Lipinski definition) is 6. The Morgan fingerprint density at radius 3 is 2.71 bits per heavy atom. The van der Waals surface area contributed by atoms with E-state index in [1.54, 1.807) is 15.5 Å². The molecule has 5 rings (SSSR count). The minimum Gasteiger partial charge on any atom is -0.332 e. The van der Waals surface area contributed by atoms with Crippen LogP contribution in [0.25, 0.3) is 5.65 Å². The van der Waals surface area contributed by atoms with E-state index in [2.05, 4.69) is 20.7 Å². The third kappa shape index (κ3) is 4.78. The molecule has 186 valence electrons. The Morgan fingerprint density at radius 1 is 1.26 bits per heavy atom. The molecule has 0 atom stereocenters. The van der Waals surface area contributed by atoms with Gasteiger partial charge in [-0.05, 0) is 50.4 Å². The monoisotopic (exact) mass is 503 g/mol. The smallest absolute Gasteiger partial charge is 0.280 e. The molecule has 2 N–H and O–H groups in total. The number of anilines is 1. The summed E-state index contributed by atoms with van der Waals surface area (Å²) in [6.45, 7) is 4.31. The Balaban J connectivity index is 0.00000289. The Kier molecular flexibility index (Phi) is 7.18. The van der Waals surface area contributed by atoms with Crippen molar-refractivity contribution < 1.29 is 14.0 Å². The van der Waals surface area contributed by atoms with E-state index in [0.29, 0.717) is 35.8 Å². The number of halogens is 2. The molecule has 0 spiro atoms. The van der Waals surface area contributed by atoms with E-state index in [9.17, 15) is 18.8 Å². The van der Waals surface area contributed by atoms with Gasteiger partial charge in [0.05, 0.1) is 24.0 Å². The zero-order valence-electron chi connectivity index (χ0n) is 19.3. The van der Waals surface area contributed by atoms with Crippen molar-refractivity contribution in [2.24, 2.45) is 5.92 Å². The summed E-state index contributed by atoms with van der Waals surface area (Å²) in [5, 5.41) is 10.3. The molecule has 0 bridgehead atoms. The lowest BCUT2D eigenvalue weighted by Gasteiger charge is -2.27. The minimum absolute atomic E-state index is 0. The van der Waals surface area contributed by atoms with Crippen molar-refractivity contribution in [3.05, 3.63) is 57.5 Å². The van der Waals surface area contributed by atoms with Crippen LogP contribution in [0.5, 0.6) is 0 Å². The van der Waals surface area contributed by atoms with Crippen LogP contribution in [0.3, 0.4) is 0 Å². The molecule has 0 unspecified atom stereocenters. The van der Waals surface area contributed by atoms with Crippen molar-refractivity contribution in [2.45, 2.75) is 39.3 Å². The molecule has 12 heteroatoms. The van der Waals surface area contributed by atoms with Crippen LogP contribution in [0.15, 0.2) is 29.2 Å². The maximum atomic E-state index is 13.5. The highest BCUT2D eigenvalue weighted by Crippen LogP contribution is 2.25. The van der Waals surface area contributed by atoms with Gasteiger partial charge in [-0.3, -0.25) is 14.4 Å². The van der Waals surface area contributed by atoms with E-state index >= 15 is 0 Å². The fraction of sp³-hybridized carbons (Fsp3) is 0.435. The molecule has 1 saturated heterocycles. The van der Waals surface area contributed by atoms with Gasteiger partial charge in [-0.15, -0.1) is 12.4 Å². The molecule has 10 nitrogen and oxygen atoms in total. The van der Waals surface area contributed by atoms with Crippen LogP contribution in [-0.2, 0) is 24.3 Å². The van der Waals surface area contributed by atoms with Crippen molar-refractivity contribution in [2.75, 3.05) is 25.0 Å². The second-order valence-electron chi connectivity index (χ2n) is 8.77. The summed E-state index contributed by atoms with van der Waals surface area (Å²) in [7, 11) is 0. The Hall–Kier alpha value is -3.31. The van der Waals surface area contributed by atoms with E-state index in [0.717, 1.165) is 32.1 Å². The molecule has 3 aromatic heterocycles. The van der Waals surface area contributed by atoms with E-state index in [-0.39, 0.29) is 48.5 Å². The van der Waals surface area contributed by atoms with Gasteiger partial charge in [0, 0.05) is 12.6 Å². The fourth-order valence-electron chi connectivity index (χ4n) is 4.70. The second kappa shape index (κ2) is 10.1. The zero-order chi connectivity index (χ0) is 23.8. The standard InChI is InChI=1S/C23H26FN7O3.ClH/c1-2-16-9-20-30(13-19(32)27-18-4-3-15(24)10-26-18)21-17(22(33)31(20)28-16)12-29(23(21)34)11-14-5-7-25-8-6-14;/h3-4,9-10,14,25H,2,5-8,11-13H2,1H3,(H,26,27,32);1H. The highest BCUT2D eigenvalue weighted by molar-refractivity contribution is 5.98. The minimum atomic E-state index is -0.510. The van der Waals surface area contributed by atoms with Crippen LogP contribution in [0, 0.1) is 11.7 Å². The van der Waals surface area contributed by atoms with Gasteiger partial charge in [-0.1, -0.05) is 6.92 Å². The van der Waals surface area contributed by atoms with Crippen molar-refractivity contribution >= 4 is 35.7 Å². The molecular weight excluding hydrogens is 477 g/mol. The maximum absolute atomic E-state index is 13.5. The topological polar surface area (TPSA) is 114 Å². The highest BCUT2D eigenvalue weighted by Gasteiger charge is 2.36. The average Bonchev–Trinajstić information content (AvgIpc) is 3.41. The van der Waals surface area contributed by atoms with Gasteiger partial charge in [0.2, 0.25) is 5.91 Å². The molecule has 0 aliphatic carbocycles. The van der Waals surface area contributed by atoms with E-state index < -0.39 is 11.7 Å². The van der Waals surface area contributed by atoms with Gasteiger partial charge in [0.15, 0.2) is 0 Å². The number of fused-ring (bicyclic) bond motifs is 2. The van der Waals surface area contributed by atoms with Crippen molar-refractivity contribution in [1.82, 2.24) is 29.4 Å². The van der Waals surface area contributed by atoms with Crippen LogP contribution in [0.4, 0.5) is 10.2 Å². The molecule has 0 radical (unpaired) electrons. The first-order chi connectivity index (χ1) is 16.4. The number of amides is 2. The van der Waals surface area contributed by atoms with Gasteiger partial charge >= 0.3 is 0 Å². The quantitative estimate of drug-likeness (QED) is 0.528. The molecule has 1 fully saturated rings. The Labute approximate surface area is 206 Å². The average molecular weight is 504 g/mol. The summed E-state index contributed by atoms with van der Waals surface area (Å²) in [5.74, 6) is -0.645. The molecule has 2 amide bonds. The summed E-state index contributed by atoms with van der Waals surface area (Å²) in [6, 6.07) is 4.29. The lowest BCUT2D eigenvalue weighted by atomic mass is 9.98. The number of rotatable bonds is 6. The first-order valence-electron chi connectivity index (χ1n) is 11.5. The number of piperidine rings is 1. The Bertz CT molecular complexity index is 1320. The van der Waals surface area contributed by atoms with Gasteiger partial charge in [-0.25, -0.2) is 9.37 Å². The van der Waals surface area contributed by atoms with Crippen LogP contribution < -0.4 is 16.2 Å². The number of nitrogens with one attached hydrogen (secondary N) is 2. The van der Waals surface area contributed by atoms with Gasteiger partial charge in [0.1, 0.15) is 29.5 Å². The number of aryl methyl sites for hydroxylation is 1. The summed E-state index contributed by atoms with van der Waals surface area (Å²) in [4.78, 5) is 45.2. The second-order valence-corrected chi connectivity index (χ2v) is 8.77. The van der Waals surface area contributed by atoms with E-state index in [1.807, 2.05) is 6.92 Å². The van der Waals surface area contributed by atoms with Gasteiger partial charge < -0.3 is 20.1 Å². The number of hydrogen-bond donors (Lipinski definition) is 2. The molecule has 0 aromatic carbocycles. The highest BCUT2D eigenvalue weighted by atomic mass is 35.5. The largest absolute Gasteiger partial charge is 0.332 e. The zero-order valence-corrected chi connectivity index (χ0v) is 20.1. The van der Waals surface area contributed by atoms with Crippen molar-refractivity contribution in [1.29, 1.82) is 0 Å². The van der Waals surface area contributed by atoms with E-state index in [4.69, 9.17) is 0 Å². The third-order valence-corrected chi connectivity index (χ3v) is 6.46. The van der Waals surface area contributed by atoms with Crippen LogP contribution in [0.2, 0.25) is 0 Å². The summed E-state index contributed by atoms with van der Waals surface area (Å²) in [6.07, 6.45) is 3.56. The first-order valence-corrected chi connectivity index (χ1v) is 11.5. The number of carbonyl (C=O) groups is 2. The number of aromatic nitrogens is 4. The molecular formula is C23H27ClFN7O3. The third-order valence-electron chi connectivity index (χ3n) is 6.46. The number of carbonyl (C=O) groups excluding carboxylic acids is 2. The first kappa shape index (κ1) is 24.8. The molecule has 3 aromatic rings. The van der Waals surface area contributed by atoms with Crippen molar-refractivity contribution in [3.8, 4) is 0 Å². The summed E-state index contributed by atoms with van der Waals surface area (Å²) >= 11 is 0. The van der Waals surface area contributed by atoms with Crippen LogP contribution in [0.1, 0.15) is 41.5 Å². The Morgan fingerprint density at radius 2 is 2.03 bits per heavy atom. The van der Waals surface area contributed by atoms with Crippen LogP contribution >= 0.6 is 12.4 Å². The molecule has 5 heterocycles. The lowest BCUT2D eigenvalue weighted by molar-refractivity contribution is -0.116. The molecule has 0 saturated carbocycles. The molecule has 2 aliphatic rings. The lowest BCUT2D eigenvalue weighted by Crippen LogP contribution is -2.36. The predicted molar refractivity (Wildman–Crippen MR) is 129 cm³/mol. The normalized spacial score (nSPS) is 15.8. The molecule has 2 aliphatic heterocycles. The van der Waals surface area contributed by atoms with E-state index in [1.165, 1.54) is 16.6 Å². The van der Waals surface area contributed by atoms with Gasteiger partial charge in [-0.2, -0.15) is 9.61 Å². The van der Waals surface area contributed by atoms with Crippen LogP contribution in [-0.4, -0.2) is 55.5 Å². The SMILES string of the molecule is CCc1cc2n(CC(=O)Nc3ccc(F)cn3)c3c(c(=O)n2n1)CN(CC1CCNCC1)C3=O.Cl. The van der Waals surface area contributed by atoms with Gasteiger partial charge in [0.25, 0.3) is 11.5 Å². The maximum Gasteiger partial charge on any atom is 0.280 e. The predicted octanol–water partition coefficient (Wildman–Crippen LogP) is 1.61. The number of nitrogens with zero attached hydrogens (tertiary/aromatic N) is 5. The number of pyridine rings is 1. The molecule has 35 heavy (non-hydrogen) atoms. The van der Waals surface area contributed by atoms with Crippen molar-refractivity contribution in [3.63, 3.8) is 0 Å². The fourth-order valence-corrected chi connectivity index (χ4v) is 4.70. The summed E-state index contributed by atoms with van der Waals surface area (Å²) in [5.41, 5.74) is 1.33. The summed E-state index contributed by atoms with van der Waals surface area (Å²) < 4.78 is 16.0.